The van der Waals surface area contributed by atoms with Gasteiger partial charge in [-0.25, -0.2) is 8.78 Å². The summed E-state index contributed by atoms with van der Waals surface area (Å²) in [6.07, 6.45) is 0.111. The second-order valence-corrected chi connectivity index (χ2v) is 8.31. The van der Waals surface area contributed by atoms with Crippen molar-refractivity contribution in [2.45, 2.75) is 36.9 Å². The summed E-state index contributed by atoms with van der Waals surface area (Å²) in [7, 11) is 0. The number of hydrogen-bond donors (Lipinski definition) is 0. The maximum absolute atomic E-state index is 13.8. The first kappa shape index (κ1) is 20.9. The predicted octanol–water partition coefficient (Wildman–Crippen LogP) is 5.11. The zero-order valence-corrected chi connectivity index (χ0v) is 16.0. The van der Waals surface area contributed by atoms with Crippen molar-refractivity contribution in [2.75, 3.05) is 32.5 Å². The Balaban J connectivity index is 1.38. The molecule has 2 aliphatic rings. The van der Waals surface area contributed by atoms with Gasteiger partial charge in [-0.05, 0) is 74.1 Å². The highest BCUT2D eigenvalue weighted by atomic mass is 32.2. The molecule has 27 heavy (non-hydrogen) atoms. The van der Waals surface area contributed by atoms with Crippen LogP contribution in [0.15, 0.2) is 17.0 Å². The lowest BCUT2D eigenvalue weighted by Gasteiger charge is -2.32. The number of likely N-dealkylation sites (tertiary alicyclic amines) is 1. The molecule has 0 spiro atoms. The predicted molar refractivity (Wildman–Crippen MR) is 94.6 cm³/mol. The molecule has 1 unspecified atom stereocenters. The molecule has 0 amide bonds. The highest BCUT2D eigenvalue weighted by Crippen LogP contribution is 2.48. The molecule has 1 aromatic carbocycles. The molecule has 0 N–H and O–H groups in total. The summed E-state index contributed by atoms with van der Waals surface area (Å²) in [6, 6.07) is 2.60. The van der Waals surface area contributed by atoms with Crippen LogP contribution < -0.4 is 0 Å². The fraction of sp³-hybridized carbons (Fsp3) is 0.684. The van der Waals surface area contributed by atoms with Gasteiger partial charge >= 0.3 is 6.18 Å². The van der Waals surface area contributed by atoms with Gasteiger partial charge in [0.1, 0.15) is 11.6 Å². The van der Waals surface area contributed by atoms with Crippen LogP contribution in [0, 0.1) is 29.4 Å². The molecule has 2 atom stereocenters. The Hall–Kier alpha value is -0.860. The van der Waals surface area contributed by atoms with Crippen molar-refractivity contribution in [1.82, 2.24) is 4.90 Å². The van der Waals surface area contributed by atoms with Crippen LogP contribution in [0.25, 0.3) is 0 Å². The van der Waals surface area contributed by atoms with Crippen LogP contribution in [-0.4, -0.2) is 43.6 Å². The molecule has 152 valence electrons. The van der Waals surface area contributed by atoms with Crippen molar-refractivity contribution in [2.24, 2.45) is 17.8 Å². The summed E-state index contributed by atoms with van der Waals surface area (Å²) in [5.41, 5.74) is 0.473. The summed E-state index contributed by atoms with van der Waals surface area (Å²) in [5, 5.41) is 0. The molecule has 2 fully saturated rings. The highest BCUT2D eigenvalue weighted by molar-refractivity contribution is 7.98. The number of alkyl halides is 3. The maximum atomic E-state index is 13.8. The van der Waals surface area contributed by atoms with Crippen molar-refractivity contribution in [3.05, 3.63) is 29.3 Å². The molecule has 1 saturated heterocycles. The van der Waals surface area contributed by atoms with E-state index in [0.29, 0.717) is 43.0 Å². The molecule has 1 aromatic rings. The van der Waals surface area contributed by atoms with Crippen molar-refractivity contribution < 1.29 is 26.7 Å². The second-order valence-electron chi connectivity index (χ2n) is 7.50. The third kappa shape index (κ3) is 5.81. The minimum atomic E-state index is -4.13. The summed E-state index contributed by atoms with van der Waals surface area (Å²) in [4.78, 5) is 1.49. The molecule has 1 aliphatic heterocycles. The number of rotatable bonds is 7. The summed E-state index contributed by atoms with van der Waals surface area (Å²) < 4.78 is 70.5. The van der Waals surface area contributed by atoms with Gasteiger partial charge in [0.15, 0.2) is 0 Å². The Morgan fingerprint density at radius 3 is 2.33 bits per heavy atom. The average Bonchev–Trinajstić information content (AvgIpc) is 3.33. The van der Waals surface area contributed by atoms with Crippen LogP contribution >= 0.6 is 11.8 Å². The smallest absolute Gasteiger partial charge is 0.376 e. The zero-order valence-electron chi connectivity index (χ0n) is 15.2. The van der Waals surface area contributed by atoms with Crippen LogP contribution in [0.5, 0.6) is 0 Å². The van der Waals surface area contributed by atoms with Gasteiger partial charge in [0.2, 0.25) is 0 Å². The first-order valence-electron chi connectivity index (χ1n) is 9.15. The van der Waals surface area contributed by atoms with E-state index in [1.165, 1.54) is 17.0 Å². The highest BCUT2D eigenvalue weighted by Gasteiger charge is 2.44. The SMILES string of the molecule is CSc1c(F)cc(COCC2C[C@@H]2C2CCN(CC(F)(F)F)CC2)cc1F. The largest absolute Gasteiger partial charge is 0.401 e. The number of hydrogen-bond acceptors (Lipinski definition) is 3. The lowest BCUT2D eigenvalue weighted by atomic mass is 9.91. The van der Waals surface area contributed by atoms with Gasteiger partial charge in [-0.15, -0.1) is 11.8 Å². The maximum Gasteiger partial charge on any atom is 0.401 e. The summed E-state index contributed by atoms with van der Waals surface area (Å²) >= 11 is 1.03. The van der Waals surface area contributed by atoms with Crippen molar-refractivity contribution in [3.8, 4) is 0 Å². The van der Waals surface area contributed by atoms with Gasteiger partial charge in [0, 0.05) is 0 Å². The second kappa shape index (κ2) is 8.66. The monoisotopic (exact) mass is 409 g/mol. The van der Waals surface area contributed by atoms with E-state index in [0.717, 1.165) is 31.0 Å². The Morgan fingerprint density at radius 2 is 1.78 bits per heavy atom. The Labute approximate surface area is 160 Å². The van der Waals surface area contributed by atoms with Gasteiger partial charge in [0.25, 0.3) is 0 Å². The van der Waals surface area contributed by atoms with E-state index in [-0.39, 0.29) is 11.5 Å². The molecular formula is C19H24F5NOS. The standard InChI is InChI=1S/C19H24F5NOS/c1-27-18-16(20)6-12(7-17(18)21)9-26-10-14-8-15(14)13-2-4-25(5-3-13)11-19(22,23)24/h6-7,13-15H,2-5,8-11H2,1H3/t14?,15-/m1/s1. The molecule has 8 heteroatoms. The minimum absolute atomic E-state index is 0.0119. The van der Waals surface area contributed by atoms with Gasteiger partial charge in [-0.1, -0.05) is 0 Å². The molecule has 0 radical (unpaired) electrons. The number of halogens is 5. The van der Waals surface area contributed by atoms with Crippen LogP contribution in [-0.2, 0) is 11.3 Å². The third-order valence-electron chi connectivity index (χ3n) is 5.48. The molecule has 0 bridgehead atoms. The summed E-state index contributed by atoms with van der Waals surface area (Å²) in [6.45, 7) is 0.860. The molecule has 1 heterocycles. The van der Waals surface area contributed by atoms with Gasteiger partial charge in [-0.2, -0.15) is 13.2 Å². The fourth-order valence-electron chi connectivity index (χ4n) is 4.05. The van der Waals surface area contributed by atoms with Gasteiger partial charge < -0.3 is 4.74 Å². The molecule has 3 rings (SSSR count). The van der Waals surface area contributed by atoms with Crippen molar-refractivity contribution in [1.29, 1.82) is 0 Å². The van der Waals surface area contributed by atoms with E-state index in [4.69, 9.17) is 4.74 Å². The van der Waals surface area contributed by atoms with Gasteiger partial charge in [-0.3, -0.25) is 4.90 Å². The Bertz CT molecular complexity index is 622. The first-order chi connectivity index (χ1) is 12.8. The number of piperidine rings is 1. The summed E-state index contributed by atoms with van der Waals surface area (Å²) in [5.74, 6) is 0.223. The van der Waals surface area contributed by atoms with Crippen LogP contribution in [0.4, 0.5) is 22.0 Å². The van der Waals surface area contributed by atoms with Crippen LogP contribution in [0.3, 0.4) is 0 Å². The van der Waals surface area contributed by atoms with E-state index in [9.17, 15) is 22.0 Å². The molecule has 1 saturated carbocycles. The topological polar surface area (TPSA) is 12.5 Å². The van der Waals surface area contributed by atoms with Crippen molar-refractivity contribution >= 4 is 11.8 Å². The van der Waals surface area contributed by atoms with Gasteiger partial charge in [0.05, 0.1) is 24.7 Å². The number of nitrogens with zero attached hydrogens (tertiary/aromatic N) is 1. The minimum Gasteiger partial charge on any atom is -0.376 e. The van der Waals surface area contributed by atoms with E-state index in [1.807, 2.05) is 0 Å². The zero-order chi connectivity index (χ0) is 19.6. The van der Waals surface area contributed by atoms with Crippen LogP contribution in [0.1, 0.15) is 24.8 Å². The number of benzene rings is 1. The van der Waals surface area contributed by atoms with E-state index in [2.05, 4.69) is 0 Å². The first-order valence-corrected chi connectivity index (χ1v) is 10.4. The van der Waals surface area contributed by atoms with Crippen molar-refractivity contribution in [3.63, 3.8) is 0 Å². The van der Waals surface area contributed by atoms with E-state index >= 15 is 0 Å². The normalized spacial score (nSPS) is 24.4. The molecule has 2 nitrogen and oxygen atoms in total. The fourth-order valence-corrected chi connectivity index (χ4v) is 4.56. The van der Waals surface area contributed by atoms with E-state index in [1.54, 1.807) is 6.26 Å². The molecule has 1 aliphatic carbocycles. The quantitative estimate of drug-likeness (QED) is 0.459. The number of ether oxygens (including phenoxy) is 1. The lowest BCUT2D eigenvalue weighted by molar-refractivity contribution is -0.148. The van der Waals surface area contributed by atoms with Crippen LogP contribution in [0.2, 0.25) is 0 Å². The average molecular weight is 409 g/mol. The number of thioether (sulfide) groups is 1. The third-order valence-corrected chi connectivity index (χ3v) is 6.28. The molecule has 0 aromatic heterocycles. The lowest BCUT2D eigenvalue weighted by Crippen LogP contribution is -2.40. The Morgan fingerprint density at radius 1 is 1.15 bits per heavy atom. The van der Waals surface area contributed by atoms with E-state index < -0.39 is 24.4 Å². The Kier molecular flexibility index (Phi) is 6.69. The molecular weight excluding hydrogens is 385 g/mol.